The predicted octanol–water partition coefficient (Wildman–Crippen LogP) is 4.35. The highest BCUT2D eigenvalue weighted by Gasteiger charge is 2.16. The van der Waals surface area contributed by atoms with Crippen molar-refractivity contribution in [3.63, 3.8) is 0 Å². The number of halogens is 2. The highest BCUT2D eigenvalue weighted by molar-refractivity contribution is 9.10. The lowest BCUT2D eigenvalue weighted by molar-refractivity contribution is 0.177. The zero-order valence-corrected chi connectivity index (χ0v) is 12.7. The van der Waals surface area contributed by atoms with Crippen LogP contribution in [0.2, 0.25) is 0 Å². The van der Waals surface area contributed by atoms with Gasteiger partial charge in [0.1, 0.15) is 5.82 Å². The van der Waals surface area contributed by atoms with Crippen molar-refractivity contribution in [1.29, 1.82) is 0 Å². The number of benzene rings is 2. The van der Waals surface area contributed by atoms with Gasteiger partial charge in [0.15, 0.2) is 0 Å². The van der Waals surface area contributed by atoms with Gasteiger partial charge < -0.3 is 5.11 Å². The average molecular weight is 335 g/mol. The van der Waals surface area contributed by atoms with E-state index in [0.717, 1.165) is 18.4 Å². The van der Waals surface area contributed by atoms with Crippen molar-refractivity contribution in [2.75, 3.05) is 0 Å². The van der Waals surface area contributed by atoms with Crippen LogP contribution >= 0.6 is 15.9 Å². The molecule has 1 N–H and O–H groups in total. The fraction of sp³-hybridized carbons (Fsp3) is 0.294. The first-order valence-electron chi connectivity index (χ1n) is 6.88. The van der Waals surface area contributed by atoms with Crippen molar-refractivity contribution in [3.8, 4) is 0 Å². The largest absolute Gasteiger partial charge is 0.388 e. The van der Waals surface area contributed by atoms with E-state index in [0.29, 0.717) is 16.5 Å². The Balaban J connectivity index is 1.82. The molecule has 0 saturated carbocycles. The van der Waals surface area contributed by atoms with Crippen molar-refractivity contribution in [2.24, 2.45) is 0 Å². The second-order valence-electron chi connectivity index (χ2n) is 5.32. The monoisotopic (exact) mass is 334 g/mol. The van der Waals surface area contributed by atoms with E-state index < -0.39 is 6.10 Å². The molecule has 1 aliphatic rings. The lowest BCUT2D eigenvalue weighted by atomic mass is 9.98. The molecule has 1 atom stereocenters. The third-order valence-corrected chi connectivity index (χ3v) is 4.77. The number of aliphatic hydroxyl groups excluding tert-OH is 1. The maximum Gasteiger partial charge on any atom is 0.137 e. The van der Waals surface area contributed by atoms with Crippen LogP contribution < -0.4 is 0 Å². The zero-order chi connectivity index (χ0) is 14.1. The molecule has 0 radical (unpaired) electrons. The van der Waals surface area contributed by atoms with Crippen molar-refractivity contribution in [2.45, 2.75) is 31.8 Å². The summed E-state index contributed by atoms with van der Waals surface area (Å²) in [5.74, 6) is -0.337. The summed E-state index contributed by atoms with van der Waals surface area (Å²) < 4.78 is 13.9. The summed E-state index contributed by atoms with van der Waals surface area (Å²) in [6.45, 7) is 0. The number of hydrogen-bond acceptors (Lipinski definition) is 1. The van der Waals surface area contributed by atoms with Crippen LogP contribution in [0.15, 0.2) is 40.9 Å². The van der Waals surface area contributed by atoms with Gasteiger partial charge >= 0.3 is 0 Å². The number of aliphatic hydroxyl groups is 1. The molecule has 3 rings (SSSR count). The molecule has 0 spiro atoms. The van der Waals surface area contributed by atoms with Gasteiger partial charge in [-0.3, -0.25) is 0 Å². The van der Waals surface area contributed by atoms with Crippen LogP contribution in [-0.2, 0) is 19.3 Å². The quantitative estimate of drug-likeness (QED) is 0.884. The van der Waals surface area contributed by atoms with Crippen molar-refractivity contribution >= 4 is 15.9 Å². The smallest absolute Gasteiger partial charge is 0.137 e. The van der Waals surface area contributed by atoms with E-state index in [1.54, 1.807) is 12.1 Å². The summed E-state index contributed by atoms with van der Waals surface area (Å²) in [5.41, 5.74) is 4.53. The van der Waals surface area contributed by atoms with Crippen LogP contribution in [0, 0.1) is 5.82 Å². The van der Waals surface area contributed by atoms with E-state index in [9.17, 15) is 9.50 Å². The van der Waals surface area contributed by atoms with Gasteiger partial charge in [0.25, 0.3) is 0 Å². The lowest BCUT2D eigenvalue weighted by Gasteiger charge is -2.14. The summed E-state index contributed by atoms with van der Waals surface area (Å²) in [4.78, 5) is 0. The number of aryl methyl sites for hydroxylation is 2. The van der Waals surface area contributed by atoms with Crippen LogP contribution in [0.3, 0.4) is 0 Å². The van der Waals surface area contributed by atoms with Crippen LogP contribution in [0.5, 0.6) is 0 Å². The van der Waals surface area contributed by atoms with Gasteiger partial charge in [0.05, 0.1) is 10.6 Å². The van der Waals surface area contributed by atoms with Crippen LogP contribution in [0.1, 0.15) is 34.8 Å². The Hall–Kier alpha value is -1.19. The van der Waals surface area contributed by atoms with Crippen LogP contribution in [-0.4, -0.2) is 5.11 Å². The summed E-state index contributed by atoms with van der Waals surface area (Å²) in [6, 6.07) is 11.2. The fourth-order valence-electron chi connectivity index (χ4n) is 2.86. The molecule has 0 aliphatic heterocycles. The van der Waals surface area contributed by atoms with Crippen LogP contribution in [0.4, 0.5) is 4.39 Å². The maximum absolute atomic E-state index is 13.5. The summed E-state index contributed by atoms with van der Waals surface area (Å²) >= 11 is 3.21. The lowest BCUT2D eigenvalue weighted by Crippen LogP contribution is -2.04. The molecule has 0 fully saturated rings. The topological polar surface area (TPSA) is 20.2 Å². The minimum absolute atomic E-state index is 0.337. The third-order valence-electron chi connectivity index (χ3n) is 3.93. The van der Waals surface area contributed by atoms with Gasteiger partial charge in [-0.2, -0.15) is 0 Å². The molecule has 104 valence electrons. The van der Waals surface area contributed by atoms with E-state index in [1.807, 2.05) is 0 Å². The summed E-state index contributed by atoms with van der Waals surface area (Å²) in [7, 11) is 0. The normalized spacial score (nSPS) is 15.2. The Kier molecular flexibility index (Phi) is 3.90. The van der Waals surface area contributed by atoms with Gasteiger partial charge in [-0.05, 0) is 63.5 Å². The molecule has 0 heterocycles. The van der Waals surface area contributed by atoms with Gasteiger partial charge in [-0.1, -0.05) is 30.3 Å². The second kappa shape index (κ2) is 5.66. The highest BCUT2D eigenvalue weighted by atomic mass is 79.9. The summed E-state index contributed by atoms with van der Waals surface area (Å²) in [5, 5.41) is 10.3. The molecule has 0 saturated heterocycles. The molecule has 0 amide bonds. The minimum Gasteiger partial charge on any atom is -0.388 e. The van der Waals surface area contributed by atoms with E-state index in [4.69, 9.17) is 0 Å². The average Bonchev–Trinajstić information content (AvgIpc) is 2.89. The first-order valence-corrected chi connectivity index (χ1v) is 7.67. The standard InChI is InChI=1S/C17H16BrFO/c18-17-14(5-2-6-15(17)19)16(20)10-11-7-8-12-3-1-4-13(12)9-11/h2,5-9,16,20H,1,3-4,10H2. The van der Waals surface area contributed by atoms with E-state index in [-0.39, 0.29) is 5.82 Å². The number of hydrogen-bond donors (Lipinski definition) is 1. The van der Waals surface area contributed by atoms with Gasteiger partial charge in [0.2, 0.25) is 0 Å². The molecular weight excluding hydrogens is 319 g/mol. The predicted molar refractivity (Wildman–Crippen MR) is 81.2 cm³/mol. The third kappa shape index (κ3) is 2.65. The fourth-order valence-corrected chi connectivity index (χ4v) is 3.39. The van der Waals surface area contributed by atoms with Crippen molar-refractivity contribution in [3.05, 3.63) is 68.9 Å². The molecule has 1 aliphatic carbocycles. The molecule has 2 aromatic carbocycles. The van der Waals surface area contributed by atoms with E-state index >= 15 is 0 Å². The molecule has 0 aromatic heterocycles. The Morgan fingerprint density at radius 2 is 1.95 bits per heavy atom. The van der Waals surface area contributed by atoms with Gasteiger partial charge in [0, 0.05) is 6.42 Å². The Morgan fingerprint density at radius 1 is 1.15 bits per heavy atom. The van der Waals surface area contributed by atoms with Crippen LogP contribution in [0.25, 0.3) is 0 Å². The first kappa shape index (κ1) is 13.8. The highest BCUT2D eigenvalue weighted by Crippen LogP contribution is 2.29. The molecule has 20 heavy (non-hydrogen) atoms. The Labute approximate surface area is 126 Å². The maximum atomic E-state index is 13.5. The SMILES string of the molecule is OC(Cc1ccc2c(c1)CCC2)c1cccc(F)c1Br. The molecule has 1 nitrogen and oxygen atoms in total. The molecule has 1 unspecified atom stereocenters. The van der Waals surface area contributed by atoms with Crippen molar-refractivity contribution in [1.82, 2.24) is 0 Å². The van der Waals surface area contributed by atoms with E-state index in [2.05, 4.69) is 34.1 Å². The van der Waals surface area contributed by atoms with Gasteiger partial charge in [-0.15, -0.1) is 0 Å². The molecule has 2 aromatic rings. The number of fused-ring (bicyclic) bond motifs is 1. The second-order valence-corrected chi connectivity index (χ2v) is 6.11. The molecule has 3 heteroatoms. The summed E-state index contributed by atoms with van der Waals surface area (Å²) in [6.07, 6.45) is 3.32. The Bertz CT molecular complexity index is 639. The zero-order valence-electron chi connectivity index (χ0n) is 11.1. The minimum atomic E-state index is -0.695. The van der Waals surface area contributed by atoms with Gasteiger partial charge in [-0.25, -0.2) is 4.39 Å². The van der Waals surface area contributed by atoms with Crippen molar-refractivity contribution < 1.29 is 9.50 Å². The Morgan fingerprint density at radius 3 is 2.80 bits per heavy atom. The number of rotatable bonds is 3. The first-order chi connectivity index (χ1) is 9.65. The van der Waals surface area contributed by atoms with E-state index in [1.165, 1.54) is 23.6 Å². The molecular formula is C17H16BrFO. The molecule has 0 bridgehead atoms.